The summed E-state index contributed by atoms with van der Waals surface area (Å²) in [5.74, 6) is -0.183. The predicted molar refractivity (Wildman–Crippen MR) is 40.3 cm³/mol. The number of aliphatic hydroxyl groups excluding tert-OH is 1. The fourth-order valence-electron chi connectivity index (χ4n) is 1.29. The third-order valence-corrected chi connectivity index (χ3v) is 2.06. The average molecular weight is 158 g/mol. The van der Waals surface area contributed by atoms with Crippen LogP contribution in [-0.2, 0) is 9.53 Å². The van der Waals surface area contributed by atoms with Crippen LogP contribution >= 0.6 is 0 Å². The molecule has 0 bridgehead atoms. The van der Waals surface area contributed by atoms with E-state index in [9.17, 15) is 9.90 Å². The molecule has 1 aliphatic rings. The Morgan fingerprint density at radius 2 is 2.18 bits per heavy atom. The summed E-state index contributed by atoms with van der Waals surface area (Å²) in [4.78, 5) is 11.2. The van der Waals surface area contributed by atoms with E-state index in [0.717, 1.165) is 0 Å². The molecule has 11 heavy (non-hydrogen) atoms. The Morgan fingerprint density at radius 3 is 2.36 bits per heavy atom. The highest BCUT2D eigenvalue weighted by molar-refractivity contribution is 5.90. The second-order valence-electron chi connectivity index (χ2n) is 3.42. The number of ether oxygens (including phenoxy) is 1. The molecule has 0 aromatic heterocycles. The van der Waals surface area contributed by atoms with Crippen LogP contribution in [0.4, 0.5) is 0 Å². The molecule has 1 N–H and O–H groups in total. The summed E-state index contributed by atoms with van der Waals surface area (Å²) in [6, 6.07) is 0. The lowest BCUT2D eigenvalue weighted by Gasteiger charge is -2.20. The SMILES string of the molecule is CCC1OC(C)(C)C(O)C1=O. The molecule has 64 valence electrons. The van der Waals surface area contributed by atoms with Crippen LogP contribution in [0.1, 0.15) is 27.2 Å². The van der Waals surface area contributed by atoms with Crippen LogP contribution in [0.3, 0.4) is 0 Å². The number of carbonyl (C=O) groups excluding carboxylic acids is 1. The Kier molecular flexibility index (Phi) is 2.03. The Labute approximate surface area is 66.4 Å². The molecule has 2 unspecified atom stereocenters. The molecule has 0 saturated carbocycles. The number of hydrogen-bond acceptors (Lipinski definition) is 3. The van der Waals surface area contributed by atoms with E-state index in [1.54, 1.807) is 13.8 Å². The predicted octanol–water partition coefficient (Wildman–Crippen LogP) is 0.504. The molecule has 0 amide bonds. The zero-order valence-corrected chi connectivity index (χ0v) is 7.13. The molecule has 1 fully saturated rings. The lowest BCUT2D eigenvalue weighted by molar-refractivity contribution is -0.127. The number of rotatable bonds is 1. The number of carbonyl (C=O) groups is 1. The fourth-order valence-corrected chi connectivity index (χ4v) is 1.29. The van der Waals surface area contributed by atoms with Crippen molar-refractivity contribution < 1.29 is 14.6 Å². The molecule has 0 aromatic rings. The van der Waals surface area contributed by atoms with Gasteiger partial charge in [0.25, 0.3) is 0 Å². The van der Waals surface area contributed by atoms with Gasteiger partial charge in [-0.1, -0.05) is 6.92 Å². The summed E-state index contributed by atoms with van der Waals surface area (Å²) >= 11 is 0. The molecule has 0 radical (unpaired) electrons. The van der Waals surface area contributed by atoms with Gasteiger partial charge in [-0.3, -0.25) is 4.79 Å². The van der Waals surface area contributed by atoms with Crippen molar-refractivity contribution in [3.05, 3.63) is 0 Å². The summed E-state index contributed by atoms with van der Waals surface area (Å²) in [5.41, 5.74) is -0.697. The Hall–Kier alpha value is -0.410. The zero-order chi connectivity index (χ0) is 8.65. The first-order valence-corrected chi connectivity index (χ1v) is 3.88. The molecule has 3 nitrogen and oxygen atoms in total. The second kappa shape index (κ2) is 2.57. The highest BCUT2D eigenvalue weighted by Gasteiger charge is 2.46. The van der Waals surface area contributed by atoms with E-state index in [1.807, 2.05) is 6.92 Å². The van der Waals surface area contributed by atoms with Gasteiger partial charge >= 0.3 is 0 Å². The second-order valence-corrected chi connectivity index (χ2v) is 3.42. The van der Waals surface area contributed by atoms with Crippen LogP contribution in [0, 0.1) is 0 Å². The quantitative estimate of drug-likeness (QED) is 0.604. The van der Waals surface area contributed by atoms with Gasteiger partial charge in [0.05, 0.1) is 5.60 Å². The molecule has 2 atom stereocenters. The van der Waals surface area contributed by atoms with Crippen LogP contribution in [0.2, 0.25) is 0 Å². The Balaban J connectivity index is 2.77. The molecule has 0 aliphatic carbocycles. The first-order chi connectivity index (χ1) is 4.99. The topological polar surface area (TPSA) is 46.5 Å². The number of hydrogen-bond donors (Lipinski definition) is 1. The van der Waals surface area contributed by atoms with Gasteiger partial charge in [0.1, 0.15) is 12.2 Å². The number of Topliss-reactive ketones (excluding diaryl/α,β-unsaturated/α-hetero) is 1. The van der Waals surface area contributed by atoms with Crippen molar-refractivity contribution in [2.45, 2.75) is 45.0 Å². The van der Waals surface area contributed by atoms with Crippen LogP contribution in [0.15, 0.2) is 0 Å². The lowest BCUT2D eigenvalue weighted by Crippen LogP contribution is -2.35. The van der Waals surface area contributed by atoms with E-state index in [2.05, 4.69) is 0 Å². The van der Waals surface area contributed by atoms with E-state index >= 15 is 0 Å². The minimum atomic E-state index is -0.951. The van der Waals surface area contributed by atoms with Crippen molar-refractivity contribution in [2.75, 3.05) is 0 Å². The van der Waals surface area contributed by atoms with Crippen molar-refractivity contribution in [3.8, 4) is 0 Å². The third-order valence-electron chi connectivity index (χ3n) is 2.06. The van der Waals surface area contributed by atoms with E-state index in [0.29, 0.717) is 6.42 Å². The van der Waals surface area contributed by atoms with Gasteiger partial charge in [0, 0.05) is 0 Å². The highest BCUT2D eigenvalue weighted by atomic mass is 16.5. The summed E-state index contributed by atoms with van der Waals surface area (Å²) in [5, 5.41) is 9.35. The van der Waals surface area contributed by atoms with Gasteiger partial charge in [-0.15, -0.1) is 0 Å². The maximum atomic E-state index is 11.2. The number of ketones is 1. The van der Waals surface area contributed by atoms with Crippen molar-refractivity contribution in [1.29, 1.82) is 0 Å². The summed E-state index contributed by atoms with van der Waals surface area (Å²) in [6.07, 6.45) is -0.716. The largest absolute Gasteiger partial charge is 0.382 e. The van der Waals surface area contributed by atoms with E-state index in [4.69, 9.17) is 4.74 Å². The molecule has 1 heterocycles. The molecule has 3 heteroatoms. The Bertz CT molecular complexity index is 174. The van der Waals surface area contributed by atoms with Gasteiger partial charge in [-0.05, 0) is 20.3 Å². The minimum absolute atomic E-state index is 0.183. The normalized spacial score (nSPS) is 36.2. The highest BCUT2D eigenvalue weighted by Crippen LogP contribution is 2.28. The first kappa shape index (κ1) is 8.68. The van der Waals surface area contributed by atoms with Crippen LogP contribution < -0.4 is 0 Å². The van der Waals surface area contributed by atoms with E-state index < -0.39 is 17.8 Å². The molecular formula is C8H14O3. The van der Waals surface area contributed by atoms with Gasteiger partial charge in [-0.25, -0.2) is 0 Å². The lowest BCUT2D eigenvalue weighted by atomic mass is 10.00. The van der Waals surface area contributed by atoms with Crippen LogP contribution in [0.5, 0.6) is 0 Å². The molecule has 1 saturated heterocycles. The van der Waals surface area contributed by atoms with Crippen LogP contribution in [-0.4, -0.2) is 28.7 Å². The van der Waals surface area contributed by atoms with Gasteiger partial charge in [0.15, 0.2) is 5.78 Å². The van der Waals surface area contributed by atoms with Gasteiger partial charge < -0.3 is 9.84 Å². The number of aliphatic hydroxyl groups is 1. The van der Waals surface area contributed by atoms with Gasteiger partial charge in [-0.2, -0.15) is 0 Å². The summed E-state index contributed by atoms with van der Waals surface area (Å²) in [6.45, 7) is 5.33. The molecule has 1 aliphatic heterocycles. The Morgan fingerprint density at radius 1 is 1.64 bits per heavy atom. The monoisotopic (exact) mass is 158 g/mol. The molecule has 0 aromatic carbocycles. The summed E-state index contributed by atoms with van der Waals surface area (Å²) < 4.78 is 5.32. The maximum Gasteiger partial charge on any atom is 0.192 e. The average Bonchev–Trinajstić information content (AvgIpc) is 2.13. The van der Waals surface area contributed by atoms with Gasteiger partial charge in [0.2, 0.25) is 0 Å². The van der Waals surface area contributed by atoms with Crippen molar-refractivity contribution in [2.24, 2.45) is 0 Å². The molecule has 0 spiro atoms. The van der Waals surface area contributed by atoms with Crippen molar-refractivity contribution in [1.82, 2.24) is 0 Å². The minimum Gasteiger partial charge on any atom is -0.382 e. The van der Waals surface area contributed by atoms with Crippen molar-refractivity contribution in [3.63, 3.8) is 0 Å². The third kappa shape index (κ3) is 1.30. The molecule has 1 rings (SSSR count). The maximum absolute atomic E-state index is 11.2. The van der Waals surface area contributed by atoms with E-state index in [-0.39, 0.29) is 5.78 Å². The first-order valence-electron chi connectivity index (χ1n) is 3.88. The smallest absolute Gasteiger partial charge is 0.192 e. The zero-order valence-electron chi connectivity index (χ0n) is 7.13. The fraction of sp³-hybridized carbons (Fsp3) is 0.875. The molecular weight excluding hydrogens is 144 g/mol. The van der Waals surface area contributed by atoms with Crippen LogP contribution in [0.25, 0.3) is 0 Å². The standard InChI is InChI=1S/C8H14O3/c1-4-5-6(9)7(10)8(2,3)11-5/h5,7,10H,4H2,1-3H3. The van der Waals surface area contributed by atoms with E-state index in [1.165, 1.54) is 0 Å². The van der Waals surface area contributed by atoms with Crippen molar-refractivity contribution >= 4 is 5.78 Å². The summed E-state index contributed by atoms with van der Waals surface area (Å²) in [7, 11) is 0.